The summed E-state index contributed by atoms with van der Waals surface area (Å²) in [5.41, 5.74) is 3.61. The third-order valence-corrected chi connectivity index (χ3v) is 3.74. The fourth-order valence-electron chi connectivity index (χ4n) is 2.23. The first kappa shape index (κ1) is 13.0. The molecule has 0 amide bonds. The van der Waals surface area contributed by atoms with Gasteiger partial charge in [-0.1, -0.05) is 28.1 Å². The third kappa shape index (κ3) is 2.63. The maximum atomic E-state index is 11.2. The lowest BCUT2D eigenvalue weighted by atomic mass is 10.1. The van der Waals surface area contributed by atoms with Crippen LogP contribution in [0.25, 0.3) is 11.0 Å². The molecule has 0 aliphatic rings. The molecule has 1 aromatic heterocycles. The molecule has 0 fully saturated rings. The molecule has 0 saturated carbocycles. The molecule has 0 radical (unpaired) electrons. The van der Waals surface area contributed by atoms with Gasteiger partial charge in [-0.2, -0.15) is 0 Å². The summed E-state index contributed by atoms with van der Waals surface area (Å²) in [6.07, 6.45) is 0. The highest BCUT2D eigenvalue weighted by Gasteiger charge is 2.06. The van der Waals surface area contributed by atoms with E-state index in [0.717, 1.165) is 21.2 Å². The van der Waals surface area contributed by atoms with Crippen LogP contribution in [0.4, 0.5) is 5.69 Å². The summed E-state index contributed by atoms with van der Waals surface area (Å²) < 4.78 is 1.06. The fraction of sp³-hybridized carbons (Fsp3) is 0.133. The Bertz CT molecular complexity index is 806. The lowest BCUT2D eigenvalue weighted by Gasteiger charge is -2.16. The Morgan fingerprint density at radius 3 is 2.70 bits per heavy atom. The van der Waals surface area contributed by atoms with Gasteiger partial charge in [-0.3, -0.25) is 0 Å². The molecule has 0 aliphatic heterocycles. The van der Waals surface area contributed by atoms with Gasteiger partial charge in [0.25, 0.3) is 0 Å². The standard InChI is InChI=1S/C15H14BrN3O/c1-9(10-3-2-4-11(16)7-10)17-12-5-6-13-14(8-12)19-15(20)18-13/h2-9,17H,1H3,(H2,18,19,20). The van der Waals surface area contributed by atoms with E-state index in [9.17, 15) is 4.79 Å². The predicted octanol–water partition coefficient (Wildman–Crippen LogP) is 3.79. The van der Waals surface area contributed by atoms with Crippen molar-refractivity contribution in [2.75, 3.05) is 5.32 Å². The second-order valence-electron chi connectivity index (χ2n) is 4.76. The number of hydrogen-bond donors (Lipinski definition) is 3. The van der Waals surface area contributed by atoms with Crippen LogP contribution in [0, 0.1) is 0 Å². The monoisotopic (exact) mass is 331 g/mol. The second-order valence-corrected chi connectivity index (χ2v) is 5.68. The van der Waals surface area contributed by atoms with Gasteiger partial charge in [0.1, 0.15) is 0 Å². The van der Waals surface area contributed by atoms with Crippen molar-refractivity contribution in [3.8, 4) is 0 Å². The number of imidazole rings is 1. The zero-order chi connectivity index (χ0) is 14.1. The van der Waals surface area contributed by atoms with Gasteiger partial charge in [0, 0.05) is 16.2 Å². The fourth-order valence-corrected chi connectivity index (χ4v) is 2.65. The summed E-state index contributed by atoms with van der Waals surface area (Å²) in [5, 5.41) is 3.43. The minimum Gasteiger partial charge on any atom is -0.378 e. The van der Waals surface area contributed by atoms with Crippen LogP contribution in [0.2, 0.25) is 0 Å². The number of aromatic amines is 2. The van der Waals surface area contributed by atoms with E-state index in [2.05, 4.69) is 50.3 Å². The second kappa shape index (κ2) is 5.17. The van der Waals surface area contributed by atoms with Gasteiger partial charge in [-0.05, 0) is 42.8 Å². The summed E-state index contributed by atoms with van der Waals surface area (Å²) in [6, 6.07) is 14.2. The van der Waals surface area contributed by atoms with Crippen LogP contribution in [0.1, 0.15) is 18.5 Å². The van der Waals surface area contributed by atoms with Crippen LogP contribution in [0.5, 0.6) is 0 Å². The van der Waals surface area contributed by atoms with Gasteiger partial charge < -0.3 is 15.3 Å². The van der Waals surface area contributed by atoms with Gasteiger partial charge >= 0.3 is 5.69 Å². The van der Waals surface area contributed by atoms with E-state index in [0.29, 0.717) is 0 Å². The summed E-state index contributed by atoms with van der Waals surface area (Å²) in [5.74, 6) is 0. The Morgan fingerprint density at radius 1 is 1.10 bits per heavy atom. The van der Waals surface area contributed by atoms with Gasteiger partial charge in [-0.15, -0.1) is 0 Å². The van der Waals surface area contributed by atoms with Crippen molar-refractivity contribution in [3.05, 3.63) is 63.0 Å². The molecular formula is C15H14BrN3O. The molecule has 1 heterocycles. The smallest absolute Gasteiger partial charge is 0.323 e. The molecule has 3 N–H and O–H groups in total. The third-order valence-electron chi connectivity index (χ3n) is 3.25. The number of aromatic nitrogens is 2. The van der Waals surface area contributed by atoms with Crippen LogP contribution in [-0.4, -0.2) is 9.97 Å². The van der Waals surface area contributed by atoms with Crippen molar-refractivity contribution in [2.45, 2.75) is 13.0 Å². The number of anilines is 1. The molecule has 3 rings (SSSR count). The molecule has 3 aromatic rings. The molecule has 5 heteroatoms. The van der Waals surface area contributed by atoms with Gasteiger partial charge in [0.2, 0.25) is 0 Å². The average Bonchev–Trinajstić information content (AvgIpc) is 2.78. The van der Waals surface area contributed by atoms with Crippen molar-refractivity contribution < 1.29 is 0 Å². The molecule has 20 heavy (non-hydrogen) atoms. The van der Waals surface area contributed by atoms with Crippen LogP contribution < -0.4 is 11.0 Å². The quantitative estimate of drug-likeness (QED) is 0.683. The Labute approximate surface area is 124 Å². The maximum absolute atomic E-state index is 11.2. The summed E-state index contributed by atoms with van der Waals surface area (Å²) in [7, 11) is 0. The largest absolute Gasteiger partial charge is 0.378 e. The maximum Gasteiger partial charge on any atom is 0.323 e. The molecule has 1 unspecified atom stereocenters. The predicted molar refractivity (Wildman–Crippen MR) is 85.1 cm³/mol. The van der Waals surface area contributed by atoms with Crippen LogP contribution >= 0.6 is 15.9 Å². The van der Waals surface area contributed by atoms with Crippen LogP contribution in [0.15, 0.2) is 51.7 Å². The normalized spacial score (nSPS) is 12.5. The Kier molecular flexibility index (Phi) is 3.36. The van der Waals surface area contributed by atoms with E-state index in [4.69, 9.17) is 0 Å². The molecule has 0 saturated heterocycles. The molecule has 102 valence electrons. The Balaban J connectivity index is 1.86. The Hall–Kier alpha value is -2.01. The van der Waals surface area contributed by atoms with E-state index in [1.807, 2.05) is 30.3 Å². The van der Waals surface area contributed by atoms with E-state index in [1.54, 1.807) is 0 Å². The summed E-state index contributed by atoms with van der Waals surface area (Å²) in [4.78, 5) is 16.7. The lowest BCUT2D eigenvalue weighted by Crippen LogP contribution is -2.06. The topological polar surface area (TPSA) is 60.7 Å². The van der Waals surface area contributed by atoms with Crippen molar-refractivity contribution in [1.82, 2.24) is 9.97 Å². The highest BCUT2D eigenvalue weighted by atomic mass is 79.9. The highest BCUT2D eigenvalue weighted by molar-refractivity contribution is 9.10. The molecular weight excluding hydrogens is 318 g/mol. The van der Waals surface area contributed by atoms with Gasteiger partial charge in [0.15, 0.2) is 0 Å². The number of benzene rings is 2. The number of hydrogen-bond acceptors (Lipinski definition) is 2. The SMILES string of the molecule is CC(Nc1ccc2[nH]c(=O)[nH]c2c1)c1cccc(Br)c1. The van der Waals surface area contributed by atoms with Gasteiger partial charge in [0.05, 0.1) is 11.0 Å². The minimum absolute atomic E-state index is 0.176. The first-order valence-corrected chi connectivity index (χ1v) is 7.15. The number of nitrogens with one attached hydrogen (secondary N) is 3. The summed E-state index contributed by atoms with van der Waals surface area (Å²) in [6.45, 7) is 2.10. The molecule has 4 nitrogen and oxygen atoms in total. The van der Waals surface area contributed by atoms with Crippen LogP contribution in [0.3, 0.4) is 0 Å². The lowest BCUT2D eigenvalue weighted by molar-refractivity contribution is 0.884. The minimum atomic E-state index is -0.183. The number of rotatable bonds is 3. The average molecular weight is 332 g/mol. The molecule has 0 spiro atoms. The molecule has 0 aliphatic carbocycles. The zero-order valence-corrected chi connectivity index (χ0v) is 12.5. The highest BCUT2D eigenvalue weighted by Crippen LogP contribution is 2.23. The van der Waals surface area contributed by atoms with E-state index >= 15 is 0 Å². The molecule has 2 aromatic carbocycles. The van der Waals surface area contributed by atoms with Crippen LogP contribution in [-0.2, 0) is 0 Å². The first-order chi connectivity index (χ1) is 9.61. The Morgan fingerprint density at radius 2 is 1.90 bits per heavy atom. The molecule has 0 bridgehead atoms. The van der Waals surface area contributed by atoms with E-state index < -0.39 is 0 Å². The van der Waals surface area contributed by atoms with E-state index in [1.165, 1.54) is 5.56 Å². The van der Waals surface area contributed by atoms with Crippen molar-refractivity contribution in [1.29, 1.82) is 0 Å². The van der Waals surface area contributed by atoms with E-state index in [-0.39, 0.29) is 11.7 Å². The number of fused-ring (bicyclic) bond motifs is 1. The van der Waals surface area contributed by atoms with Crippen molar-refractivity contribution in [2.24, 2.45) is 0 Å². The first-order valence-electron chi connectivity index (χ1n) is 6.36. The van der Waals surface area contributed by atoms with Gasteiger partial charge in [-0.25, -0.2) is 4.79 Å². The summed E-state index contributed by atoms with van der Waals surface area (Å²) >= 11 is 3.48. The van der Waals surface area contributed by atoms with Crippen molar-refractivity contribution in [3.63, 3.8) is 0 Å². The number of halogens is 1. The zero-order valence-electron chi connectivity index (χ0n) is 10.9. The number of H-pyrrole nitrogens is 2. The van der Waals surface area contributed by atoms with Crippen molar-refractivity contribution >= 4 is 32.7 Å². The molecule has 1 atom stereocenters.